The van der Waals surface area contributed by atoms with E-state index in [0.29, 0.717) is 18.2 Å². The van der Waals surface area contributed by atoms with E-state index in [0.717, 1.165) is 0 Å². The van der Waals surface area contributed by atoms with Crippen LogP contribution in [-0.4, -0.2) is 22.6 Å². The van der Waals surface area contributed by atoms with Crippen LogP contribution in [0, 0.1) is 0 Å². The van der Waals surface area contributed by atoms with E-state index in [2.05, 4.69) is 29.4 Å². The van der Waals surface area contributed by atoms with Crippen LogP contribution < -0.4 is 5.32 Å². The lowest BCUT2D eigenvalue weighted by molar-refractivity contribution is 0.0697. The quantitative estimate of drug-likeness (QED) is 0.863. The van der Waals surface area contributed by atoms with Gasteiger partial charge in [0.15, 0.2) is 0 Å². The molecule has 4 heteroatoms. The Bertz CT molecular complexity index is 555. The summed E-state index contributed by atoms with van der Waals surface area (Å²) in [5.41, 5.74) is 2.02. The van der Waals surface area contributed by atoms with E-state index in [9.17, 15) is 4.79 Å². The average molecular weight is 256 g/mol. The first kappa shape index (κ1) is 13.1. The first-order valence-electron chi connectivity index (χ1n) is 6.14. The number of carbonyl (C=O) groups is 1. The number of benzene rings is 1. The van der Waals surface area contributed by atoms with Crippen molar-refractivity contribution in [3.05, 3.63) is 59.9 Å². The van der Waals surface area contributed by atoms with Gasteiger partial charge >= 0.3 is 5.97 Å². The highest BCUT2D eigenvalue weighted by Crippen LogP contribution is 2.18. The largest absolute Gasteiger partial charge is 0.478 e. The van der Waals surface area contributed by atoms with Crippen LogP contribution in [-0.2, 0) is 0 Å². The molecular weight excluding hydrogens is 240 g/mol. The molecule has 1 unspecified atom stereocenters. The van der Waals surface area contributed by atoms with E-state index in [-0.39, 0.29) is 5.56 Å². The van der Waals surface area contributed by atoms with Crippen molar-refractivity contribution in [3.8, 4) is 0 Å². The molecule has 0 saturated carbocycles. The van der Waals surface area contributed by atoms with Gasteiger partial charge in [-0.1, -0.05) is 37.3 Å². The Labute approximate surface area is 112 Å². The smallest absolute Gasteiger partial charge is 0.339 e. The Balaban J connectivity index is 2.05. The highest BCUT2D eigenvalue weighted by atomic mass is 16.4. The fraction of sp³-hybridized carbons (Fsp3) is 0.200. The molecule has 2 rings (SSSR count). The summed E-state index contributed by atoms with van der Waals surface area (Å²) in [4.78, 5) is 14.9. The summed E-state index contributed by atoms with van der Waals surface area (Å²) in [6.45, 7) is 2.78. The Morgan fingerprint density at radius 1 is 1.32 bits per heavy atom. The zero-order chi connectivity index (χ0) is 13.7. The molecule has 0 aliphatic carbocycles. The van der Waals surface area contributed by atoms with E-state index in [4.69, 9.17) is 5.11 Å². The van der Waals surface area contributed by atoms with Gasteiger partial charge in [-0.15, -0.1) is 0 Å². The predicted octanol–water partition coefficient (Wildman–Crippen LogP) is 3.00. The number of carboxylic acid groups (broad SMARTS) is 1. The number of pyridine rings is 1. The Morgan fingerprint density at radius 2 is 2.05 bits per heavy atom. The van der Waals surface area contributed by atoms with Gasteiger partial charge in [-0.05, 0) is 17.5 Å². The fourth-order valence-electron chi connectivity index (χ4n) is 1.88. The zero-order valence-corrected chi connectivity index (χ0v) is 10.7. The summed E-state index contributed by atoms with van der Waals surface area (Å²) >= 11 is 0. The first-order valence-corrected chi connectivity index (χ1v) is 6.14. The molecule has 1 atom stereocenters. The second-order valence-electron chi connectivity index (χ2n) is 4.42. The van der Waals surface area contributed by atoms with Gasteiger partial charge in [0.1, 0.15) is 5.56 Å². The third kappa shape index (κ3) is 3.31. The molecule has 1 aromatic heterocycles. The van der Waals surface area contributed by atoms with Crippen molar-refractivity contribution in [2.24, 2.45) is 0 Å². The topological polar surface area (TPSA) is 62.2 Å². The summed E-state index contributed by atoms with van der Waals surface area (Å²) in [6, 6.07) is 11.8. The lowest BCUT2D eigenvalue weighted by Gasteiger charge is -2.15. The second-order valence-corrected chi connectivity index (χ2v) is 4.42. The normalized spacial score (nSPS) is 11.8. The molecule has 4 nitrogen and oxygen atoms in total. The maximum Gasteiger partial charge on any atom is 0.339 e. The maximum absolute atomic E-state index is 11.1. The molecule has 2 N–H and O–H groups in total. The Kier molecular flexibility index (Phi) is 4.13. The van der Waals surface area contributed by atoms with Gasteiger partial charge in [-0.25, -0.2) is 4.79 Å². The van der Waals surface area contributed by atoms with Crippen LogP contribution in [0.1, 0.15) is 28.8 Å². The van der Waals surface area contributed by atoms with Crippen LogP contribution in [0.15, 0.2) is 48.8 Å². The SMILES string of the molecule is CC(CNc1ccncc1C(=O)O)c1ccccc1. The standard InChI is InChI=1S/C15H16N2O2/c1-11(12-5-3-2-4-6-12)9-17-14-7-8-16-10-13(14)15(18)19/h2-8,10-11H,9H2,1H3,(H,16,17)(H,18,19). The lowest BCUT2D eigenvalue weighted by Crippen LogP contribution is -2.12. The van der Waals surface area contributed by atoms with Crippen LogP contribution in [0.4, 0.5) is 5.69 Å². The highest BCUT2D eigenvalue weighted by Gasteiger charge is 2.11. The number of carboxylic acids is 1. The third-order valence-corrected chi connectivity index (χ3v) is 3.02. The summed E-state index contributed by atoms with van der Waals surface area (Å²) < 4.78 is 0. The maximum atomic E-state index is 11.1. The molecular formula is C15H16N2O2. The fourth-order valence-corrected chi connectivity index (χ4v) is 1.88. The average Bonchev–Trinajstić information content (AvgIpc) is 2.46. The third-order valence-electron chi connectivity index (χ3n) is 3.02. The van der Waals surface area contributed by atoms with Crippen LogP contribution in [0.25, 0.3) is 0 Å². The van der Waals surface area contributed by atoms with Gasteiger partial charge < -0.3 is 10.4 Å². The predicted molar refractivity (Wildman–Crippen MR) is 74.5 cm³/mol. The van der Waals surface area contributed by atoms with Crippen molar-refractivity contribution in [1.29, 1.82) is 0 Å². The molecule has 19 heavy (non-hydrogen) atoms. The lowest BCUT2D eigenvalue weighted by atomic mass is 10.0. The monoisotopic (exact) mass is 256 g/mol. The summed E-state index contributed by atoms with van der Waals surface area (Å²) in [7, 11) is 0. The zero-order valence-electron chi connectivity index (χ0n) is 10.7. The molecule has 0 fully saturated rings. The van der Waals surface area contributed by atoms with Crippen LogP contribution in [0.2, 0.25) is 0 Å². The molecule has 0 spiro atoms. The van der Waals surface area contributed by atoms with Gasteiger partial charge in [0.25, 0.3) is 0 Å². The Morgan fingerprint density at radius 3 is 2.74 bits per heavy atom. The number of hydrogen-bond acceptors (Lipinski definition) is 3. The molecule has 0 amide bonds. The number of rotatable bonds is 5. The molecule has 0 aliphatic rings. The molecule has 98 valence electrons. The van der Waals surface area contributed by atoms with Gasteiger partial charge in [0.2, 0.25) is 0 Å². The Hall–Kier alpha value is -2.36. The first-order chi connectivity index (χ1) is 9.18. The van der Waals surface area contributed by atoms with E-state index in [1.165, 1.54) is 11.8 Å². The van der Waals surface area contributed by atoms with E-state index in [1.807, 2.05) is 18.2 Å². The van der Waals surface area contributed by atoms with Gasteiger partial charge in [0.05, 0.1) is 5.69 Å². The minimum Gasteiger partial charge on any atom is -0.478 e. The van der Waals surface area contributed by atoms with Crippen molar-refractivity contribution >= 4 is 11.7 Å². The minimum atomic E-state index is -0.969. The summed E-state index contributed by atoms with van der Waals surface area (Å²) in [5.74, 6) is -0.668. The molecule has 0 saturated heterocycles. The number of hydrogen-bond donors (Lipinski definition) is 2. The van der Waals surface area contributed by atoms with Gasteiger partial charge in [-0.2, -0.15) is 0 Å². The van der Waals surface area contributed by atoms with E-state index in [1.54, 1.807) is 12.3 Å². The van der Waals surface area contributed by atoms with Gasteiger partial charge in [0, 0.05) is 18.9 Å². The number of anilines is 1. The van der Waals surface area contributed by atoms with E-state index >= 15 is 0 Å². The van der Waals surface area contributed by atoms with Crippen LogP contribution >= 0.6 is 0 Å². The molecule has 1 heterocycles. The highest BCUT2D eigenvalue weighted by molar-refractivity contribution is 5.93. The molecule has 2 aromatic rings. The van der Waals surface area contributed by atoms with Crippen molar-refractivity contribution in [2.45, 2.75) is 12.8 Å². The molecule has 0 radical (unpaired) electrons. The van der Waals surface area contributed by atoms with Gasteiger partial charge in [-0.3, -0.25) is 4.98 Å². The van der Waals surface area contributed by atoms with Crippen molar-refractivity contribution < 1.29 is 9.90 Å². The summed E-state index contributed by atoms with van der Waals surface area (Å²) in [6.07, 6.45) is 2.94. The number of aromatic carboxylic acids is 1. The molecule has 0 bridgehead atoms. The number of nitrogens with zero attached hydrogens (tertiary/aromatic N) is 1. The minimum absolute atomic E-state index is 0.197. The number of nitrogens with one attached hydrogen (secondary N) is 1. The van der Waals surface area contributed by atoms with Crippen LogP contribution in [0.3, 0.4) is 0 Å². The van der Waals surface area contributed by atoms with E-state index < -0.39 is 5.97 Å². The van der Waals surface area contributed by atoms with Crippen molar-refractivity contribution in [3.63, 3.8) is 0 Å². The van der Waals surface area contributed by atoms with Crippen molar-refractivity contribution in [2.75, 3.05) is 11.9 Å². The molecule has 0 aliphatic heterocycles. The second kappa shape index (κ2) is 6.00. The number of aromatic nitrogens is 1. The molecule has 1 aromatic carbocycles. The summed E-state index contributed by atoms with van der Waals surface area (Å²) in [5, 5.41) is 12.2. The van der Waals surface area contributed by atoms with Crippen LogP contribution in [0.5, 0.6) is 0 Å². The van der Waals surface area contributed by atoms with Crippen molar-refractivity contribution in [1.82, 2.24) is 4.98 Å².